The molecule has 1 aliphatic rings. The molecule has 2 aromatic carbocycles. The van der Waals surface area contributed by atoms with E-state index in [1.54, 1.807) is 23.1 Å². The van der Waals surface area contributed by atoms with E-state index in [1.807, 2.05) is 30.3 Å². The van der Waals surface area contributed by atoms with Gasteiger partial charge in [-0.25, -0.2) is 0 Å². The highest BCUT2D eigenvalue weighted by atomic mass is 35.5. The van der Waals surface area contributed by atoms with Crippen LogP contribution in [0.3, 0.4) is 0 Å². The Hall–Kier alpha value is -2.30. The highest BCUT2D eigenvalue weighted by molar-refractivity contribution is 6.43. The maximum absolute atomic E-state index is 12.7. The fourth-order valence-corrected chi connectivity index (χ4v) is 3.25. The zero-order valence-corrected chi connectivity index (χ0v) is 14.9. The molecule has 2 aromatic rings. The molecular weight excluding hydrogens is 369 g/mol. The highest BCUT2D eigenvalue weighted by Gasteiger charge is 2.26. The summed E-state index contributed by atoms with van der Waals surface area (Å²) < 4.78 is 0. The fourth-order valence-electron chi connectivity index (χ4n) is 2.86. The quantitative estimate of drug-likeness (QED) is 0.742. The van der Waals surface area contributed by atoms with Crippen LogP contribution in [0.5, 0.6) is 0 Å². The molecule has 1 amide bonds. The van der Waals surface area contributed by atoms with Crippen LogP contribution in [0.2, 0.25) is 10.0 Å². The van der Waals surface area contributed by atoms with Crippen LogP contribution in [-0.2, 0) is 0 Å². The normalized spacial score (nSPS) is 14.0. The molecule has 26 heavy (non-hydrogen) atoms. The zero-order chi connectivity index (χ0) is 18.0. The first-order valence-electron chi connectivity index (χ1n) is 7.84. The number of carbonyl (C=O) groups excluding carboxylic acids is 1. The predicted molar refractivity (Wildman–Crippen MR) is 108 cm³/mol. The number of benzene rings is 2. The van der Waals surface area contributed by atoms with Crippen LogP contribution < -0.4 is 5.73 Å². The predicted octanol–water partition coefficient (Wildman–Crippen LogP) is 4.76. The number of nitrogens with two attached hydrogens (primary N) is 1. The van der Waals surface area contributed by atoms with Crippen molar-refractivity contribution >= 4 is 34.8 Å². The number of amides is 1. The molecule has 136 valence electrons. The van der Waals surface area contributed by atoms with Gasteiger partial charge in [0.2, 0.25) is 0 Å². The van der Waals surface area contributed by atoms with E-state index >= 15 is 0 Å². The number of halogens is 2. The molecule has 0 spiro atoms. The number of carbonyl (C=O) groups is 1. The Balaban J connectivity index is 0.00000243. The molecule has 0 saturated carbocycles. The number of nitrogens with one attached hydrogen (secondary N) is 1. The summed E-state index contributed by atoms with van der Waals surface area (Å²) in [5.41, 5.74) is 9.09. The molecule has 0 bridgehead atoms. The highest BCUT2D eigenvalue weighted by Crippen LogP contribution is 2.28. The molecule has 3 rings (SSSR count). The lowest BCUT2D eigenvalue weighted by atomic mass is 9.95. The second-order valence-electron chi connectivity index (χ2n) is 5.82. The molecule has 4 nitrogen and oxygen atoms in total. The number of hydrogen-bond acceptors (Lipinski definition) is 3. The van der Waals surface area contributed by atoms with Gasteiger partial charge in [0.1, 0.15) is 0 Å². The van der Waals surface area contributed by atoms with Gasteiger partial charge in [0.05, 0.1) is 27.9 Å². The van der Waals surface area contributed by atoms with Gasteiger partial charge in [0.15, 0.2) is 0 Å². The second kappa shape index (κ2) is 8.39. The smallest absolute Gasteiger partial charge is 0.255 e. The van der Waals surface area contributed by atoms with Crippen LogP contribution in [0.25, 0.3) is 0 Å². The van der Waals surface area contributed by atoms with Crippen LogP contribution >= 0.6 is 23.2 Å². The van der Waals surface area contributed by atoms with Crippen LogP contribution in [0.4, 0.5) is 0 Å². The third kappa shape index (κ3) is 3.92. The minimum Gasteiger partial charge on any atom is -0.400 e. The van der Waals surface area contributed by atoms with Gasteiger partial charge in [0, 0.05) is 12.2 Å². The molecule has 0 fully saturated rings. The Bertz CT molecular complexity index is 863. The van der Waals surface area contributed by atoms with Gasteiger partial charge in [-0.05, 0) is 29.7 Å². The zero-order valence-electron chi connectivity index (χ0n) is 13.4. The van der Waals surface area contributed by atoms with Gasteiger partial charge in [-0.2, -0.15) is 0 Å². The minimum atomic E-state index is -0.208. The van der Waals surface area contributed by atoms with Gasteiger partial charge in [-0.15, -0.1) is 0 Å². The van der Waals surface area contributed by atoms with E-state index in [9.17, 15) is 4.79 Å². The minimum absolute atomic E-state index is 0. The SMILES string of the molecule is C.N=C(C1=C(N)CN(C(=O)c2cccc(Cl)c2Cl)CC1)c1ccccc1. The summed E-state index contributed by atoms with van der Waals surface area (Å²) in [5.74, 6) is -0.208. The van der Waals surface area contributed by atoms with Crippen molar-refractivity contribution in [2.75, 3.05) is 13.1 Å². The molecule has 0 atom stereocenters. The number of rotatable bonds is 3. The summed E-state index contributed by atoms with van der Waals surface area (Å²) in [7, 11) is 0. The third-order valence-corrected chi connectivity index (χ3v) is 5.03. The monoisotopic (exact) mass is 389 g/mol. The number of hydrogen-bond donors (Lipinski definition) is 2. The summed E-state index contributed by atoms with van der Waals surface area (Å²) in [6.45, 7) is 0.749. The Morgan fingerprint density at radius 2 is 1.77 bits per heavy atom. The van der Waals surface area contributed by atoms with Crippen molar-refractivity contribution in [2.24, 2.45) is 5.73 Å². The Morgan fingerprint density at radius 1 is 1.08 bits per heavy atom. The second-order valence-corrected chi connectivity index (χ2v) is 6.61. The van der Waals surface area contributed by atoms with E-state index < -0.39 is 0 Å². The molecule has 0 unspecified atom stereocenters. The number of nitrogens with zero attached hydrogens (tertiary/aromatic N) is 1. The molecule has 1 heterocycles. The van der Waals surface area contributed by atoms with Gasteiger partial charge in [-0.3, -0.25) is 10.2 Å². The molecule has 6 heteroatoms. The molecule has 0 radical (unpaired) electrons. The molecular formula is C20H21Cl2N3O. The summed E-state index contributed by atoms with van der Waals surface area (Å²) in [6.07, 6.45) is 0.531. The summed E-state index contributed by atoms with van der Waals surface area (Å²) >= 11 is 12.1. The first-order chi connectivity index (χ1) is 12.0. The maximum atomic E-state index is 12.7. The van der Waals surface area contributed by atoms with Gasteiger partial charge in [-0.1, -0.05) is 67.0 Å². The van der Waals surface area contributed by atoms with E-state index in [0.717, 1.165) is 11.1 Å². The summed E-state index contributed by atoms with van der Waals surface area (Å²) in [4.78, 5) is 14.3. The lowest BCUT2D eigenvalue weighted by molar-refractivity contribution is 0.0764. The first kappa shape index (κ1) is 20.0. The average molecular weight is 390 g/mol. The summed E-state index contributed by atoms with van der Waals surface area (Å²) in [6, 6.07) is 14.4. The molecule has 3 N–H and O–H groups in total. The van der Waals surface area contributed by atoms with Crippen LogP contribution in [0, 0.1) is 5.41 Å². The lowest BCUT2D eigenvalue weighted by Crippen LogP contribution is -2.40. The molecule has 1 aliphatic heterocycles. The van der Waals surface area contributed by atoms with Crippen LogP contribution in [-0.4, -0.2) is 29.6 Å². The van der Waals surface area contributed by atoms with Gasteiger partial charge >= 0.3 is 0 Å². The first-order valence-corrected chi connectivity index (χ1v) is 8.59. The van der Waals surface area contributed by atoms with E-state index in [1.165, 1.54) is 0 Å². The molecule has 0 aromatic heterocycles. The van der Waals surface area contributed by atoms with Crippen LogP contribution in [0.1, 0.15) is 29.8 Å². The maximum Gasteiger partial charge on any atom is 0.255 e. The topological polar surface area (TPSA) is 70.2 Å². The van der Waals surface area contributed by atoms with Crippen molar-refractivity contribution in [1.82, 2.24) is 4.90 Å². The lowest BCUT2D eigenvalue weighted by Gasteiger charge is -2.30. The van der Waals surface area contributed by atoms with E-state index in [2.05, 4.69) is 0 Å². The molecule has 0 saturated heterocycles. The van der Waals surface area contributed by atoms with Gasteiger partial charge in [0.25, 0.3) is 5.91 Å². The van der Waals surface area contributed by atoms with Crippen molar-refractivity contribution in [1.29, 1.82) is 5.41 Å². The van der Waals surface area contributed by atoms with Crippen molar-refractivity contribution < 1.29 is 4.79 Å². The standard InChI is InChI=1S/C19H17Cl2N3O.CH4/c20-15-8-4-7-14(17(15)21)19(25)24-10-9-13(16(22)11-24)18(23)12-5-2-1-3-6-12;/h1-8,23H,9-11,22H2;1H4. The fraction of sp³-hybridized carbons (Fsp3) is 0.200. The summed E-state index contributed by atoms with van der Waals surface area (Å²) in [5, 5.41) is 8.97. The van der Waals surface area contributed by atoms with E-state index in [-0.39, 0.29) is 24.9 Å². The largest absolute Gasteiger partial charge is 0.400 e. The van der Waals surface area contributed by atoms with Crippen molar-refractivity contribution in [3.8, 4) is 0 Å². The van der Waals surface area contributed by atoms with Crippen molar-refractivity contribution in [3.05, 3.63) is 81.0 Å². The third-order valence-electron chi connectivity index (χ3n) is 4.21. The van der Waals surface area contributed by atoms with E-state index in [4.69, 9.17) is 34.3 Å². The van der Waals surface area contributed by atoms with Crippen molar-refractivity contribution in [2.45, 2.75) is 13.8 Å². The van der Waals surface area contributed by atoms with Crippen LogP contribution in [0.15, 0.2) is 59.8 Å². The molecule has 0 aliphatic carbocycles. The van der Waals surface area contributed by atoms with E-state index in [0.29, 0.717) is 35.0 Å². The average Bonchev–Trinajstić information content (AvgIpc) is 2.63. The van der Waals surface area contributed by atoms with Gasteiger partial charge < -0.3 is 10.6 Å². The Kier molecular flexibility index (Phi) is 6.46. The Labute approximate surface area is 163 Å². The van der Waals surface area contributed by atoms with Crippen molar-refractivity contribution in [3.63, 3.8) is 0 Å². The Morgan fingerprint density at radius 3 is 2.42 bits per heavy atom.